The van der Waals surface area contributed by atoms with Crippen molar-refractivity contribution in [2.24, 2.45) is 0 Å². The summed E-state index contributed by atoms with van der Waals surface area (Å²) in [5, 5.41) is 11.4. The molecule has 9 heteroatoms. The van der Waals surface area contributed by atoms with Crippen molar-refractivity contribution in [3.8, 4) is 0 Å². The molecule has 0 amide bonds. The van der Waals surface area contributed by atoms with Crippen molar-refractivity contribution in [1.29, 1.82) is 5.41 Å². The Labute approximate surface area is 157 Å². The second-order valence-electron chi connectivity index (χ2n) is 6.24. The van der Waals surface area contributed by atoms with Gasteiger partial charge in [0.2, 0.25) is 10.0 Å². The molecule has 0 unspecified atom stereocenters. The molecule has 1 fully saturated rings. The van der Waals surface area contributed by atoms with Crippen LogP contribution in [0.5, 0.6) is 0 Å². The third-order valence-electron chi connectivity index (χ3n) is 4.39. The summed E-state index contributed by atoms with van der Waals surface area (Å²) in [5.41, 5.74) is 2.85. The van der Waals surface area contributed by atoms with Gasteiger partial charge in [-0.1, -0.05) is 11.6 Å². The summed E-state index contributed by atoms with van der Waals surface area (Å²) in [4.78, 5) is 8.61. The lowest BCUT2D eigenvalue weighted by molar-refractivity contribution is 0.305. The highest BCUT2D eigenvalue weighted by molar-refractivity contribution is 7.88. The van der Waals surface area contributed by atoms with Crippen LogP contribution in [0, 0.1) is 5.41 Å². The molecule has 1 aliphatic rings. The summed E-state index contributed by atoms with van der Waals surface area (Å²) < 4.78 is 24.6. The molecule has 0 spiro atoms. The van der Waals surface area contributed by atoms with Gasteiger partial charge in [0.25, 0.3) is 0 Å². The monoisotopic (exact) mass is 393 g/mol. The average Bonchev–Trinajstić information content (AvgIpc) is 2.61. The molecule has 2 N–H and O–H groups in total. The first-order valence-electron chi connectivity index (χ1n) is 8.21. The van der Waals surface area contributed by atoms with E-state index < -0.39 is 10.0 Å². The van der Waals surface area contributed by atoms with Gasteiger partial charge in [0, 0.05) is 48.9 Å². The van der Waals surface area contributed by atoms with Crippen LogP contribution < -0.4 is 5.32 Å². The zero-order valence-electron chi connectivity index (χ0n) is 14.3. The Morgan fingerprint density at radius 2 is 2.08 bits per heavy atom. The number of halogens is 1. The summed E-state index contributed by atoms with van der Waals surface area (Å²) >= 11 is 5.93. The Bertz CT molecular complexity index is 953. The maximum Gasteiger partial charge on any atom is 0.211 e. The number of aromatic nitrogens is 2. The normalized spacial score (nSPS) is 17.4. The molecule has 138 valence electrons. The Kier molecular flexibility index (Phi) is 5.55. The Morgan fingerprint density at radius 1 is 1.35 bits per heavy atom. The molecule has 7 nitrogen and oxygen atoms in total. The van der Waals surface area contributed by atoms with E-state index in [1.807, 2.05) is 6.07 Å². The lowest BCUT2D eigenvalue weighted by Crippen LogP contribution is -2.43. The molecule has 2 aromatic rings. The van der Waals surface area contributed by atoms with E-state index in [0.29, 0.717) is 29.3 Å². The molecule has 1 aliphatic heterocycles. The molecule has 0 bridgehead atoms. The minimum absolute atomic E-state index is 0.170. The molecule has 1 saturated heterocycles. The molecule has 2 aromatic heterocycles. The van der Waals surface area contributed by atoms with Gasteiger partial charge < -0.3 is 10.7 Å². The van der Waals surface area contributed by atoms with Crippen molar-refractivity contribution >= 4 is 44.4 Å². The van der Waals surface area contributed by atoms with Crippen LogP contribution in [-0.4, -0.2) is 54.3 Å². The SMILES string of the molecule is CS(=O)(=O)N1CCC(N/C=C(\C=N)c2cnc3ccc(Cl)nc3c2)CC1. The maximum atomic E-state index is 11.6. The van der Waals surface area contributed by atoms with Gasteiger partial charge in [-0.2, -0.15) is 0 Å². The van der Waals surface area contributed by atoms with E-state index in [-0.39, 0.29) is 6.04 Å². The van der Waals surface area contributed by atoms with E-state index in [2.05, 4.69) is 15.3 Å². The second-order valence-corrected chi connectivity index (χ2v) is 8.61. The lowest BCUT2D eigenvalue weighted by atomic mass is 10.1. The number of hydrogen-bond donors (Lipinski definition) is 2. The van der Waals surface area contributed by atoms with Crippen LogP contribution in [0.2, 0.25) is 5.15 Å². The standard InChI is InChI=1S/C17H20ClN5O2S/c1-26(24,25)23-6-4-14(5-7-23)20-11-13(9-19)12-8-16-15(21-10-12)2-3-17(18)22-16/h2-3,8-11,14,19-20H,4-7H2,1H3/b13-11+,19-9?. The van der Waals surface area contributed by atoms with Gasteiger partial charge in [-0.3, -0.25) is 4.98 Å². The predicted molar refractivity (Wildman–Crippen MR) is 104 cm³/mol. The van der Waals surface area contributed by atoms with Crippen molar-refractivity contribution < 1.29 is 8.42 Å². The van der Waals surface area contributed by atoms with Crippen LogP contribution in [0.4, 0.5) is 0 Å². The number of allylic oxidation sites excluding steroid dienone is 1. The van der Waals surface area contributed by atoms with Crippen LogP contribution in [-0.2, 0) is 10.0 Å². The van der Waals surface area contributed by atoms with Crippen LogP contribution in [0.25, 0.3) is 16.6 Å². The fraction of sp³-hybridized carbons (Fsp3) is 0.353. The highest BCUT2D eigenvalue weighted by Gasteiger charge is 2.24. The predicted octanol–water partition coefficient (Wildman–Crippen LogP) is 2.29. The van der Waals surface area contributed by atoms with Crippen molar-refractivity contribution in [3.63, 3.8) is 0 Å². The summed E-state index contributed by atoms with van der Waals surface area (Å²) in [6, 6.07) is 5.51. The largest absolute Gasteiger partial charge is 0.388 e. The van der Waals surface area contributed by atoms with Crippen molar-refractivity contribution in [3.05, 3.63) is 41.3 Å². The first-order valence-corrected chi connectivity index (χ1v) is 10.4. The van der Waals surface area contributed by atoms with Crippen molar-refractivity contribution in [2.75, 3.05) is 19.3 Å². The van der Waals surface area contributed by atoms with E-state index in [9.17, 15) is 8.42 Å². The molecule has 0 atom stereocenters. The number of nitrogens with one attached hydrogen (secondary N) is 2. The van der Waals surface area contributed by atoms with E-state index in [1.165, 1.54) is 16.8 Å². The number of rotatable bonds is 5. The lowest BCUT2D eigenvalue weighted by Gasteiger charge is -2.30. The number of piperidine rings is 1. The molecule has 26 heavy (non-hydrogen) atoms. The third-order valence-corrected chi connectivity index (χ3v) is 5.90. The minimum atomic E-state index is -3.12. The molecule has 0 radical (unpaired) electrons. The van der Waals surface area contributed by atoms with Gasteiger partial charge in [0.15, 0.2) is 0 Å². The van der Waals surface area contributed by atoms with Crippen molar-refractivity contribution in [1.82, 2.24) is 19.6 Å². The van der Waals surface area contributed by atoms with E-state index in [1.54, 1.807) is 24.5 Å². The molecule has 3 heterocycles. The number of hydrogen-bond acceptors (Lipinski definition) is 6. The van der Waals surface area contributed by atoms with Crippen LogP contribution in [0.15, 0.2) is 30.6 Å². The molecular weight excluding hydrogens is 374 g/mol. The molecule has 0 aromatic carbocycles. The zero-order chi connectivity index (χ0) is 18.7. The fourth-order valence-electron chi connectivity index (χ4n) is 2.91. The van der Waals surface area contributed by atoms with Gasteiger partial charge in [-0.05, 0) is 31.0 Å². The van der Waals surface area contributed by atoms with Gasteiger partial charge >= 0.3 is 0 Å². The summed E-state index contributed by atoms with van der Waals surface area (Å²) in [7, 11) is -3.12. The van der Waals surface area contributed by atoms with Gasteiger partial charge in [0.05, 0.1) is 17.3 Å². The Balaban J connectivity index is 1.72. The quantitative estimate of drug-likeness (QED) is 0.599. The minimum Gasteiger partial charge on any atom is -0.388 e. The topological polar surface area (TPSA) is 99.0 Å². The van der Waals surface area contributed by atoms with Gasteiger partial charge in [-0.25, -0.2) is 17.7 Å². The molecule has 0 saturated carbocycles. The summed E-state index contributed by atoms with van der Waals surface area (Å²) in [5.74, 6) is 0. The van der Waals surface area contributed by atoms with Crippen LogP contribution in [0.1, 0.15) is 18.4 Å². The Hall–Kier alpha value is -2.03. The maximum absolute atomic E-state index is 11.6. The Morgan fingerprint density at radius 3 is 2.73 bits per heavy atom. The highest BCUT2D eigenvalue weighted by atomic mass is 35.5. The number of nitrogens with zero attached hydrogens (tertiary/aromatic N) is 3. The van der Waals surface area contributed by atoms with Crippen molar-refractivity contribution in [2.45, 2.75) is 18.9 Å². The number of pyridine rings is 2. The van der Waals surface area contributed by atoms with Crippen LogP contribution >= 0.6 is 11.6 Å². The van der Waals surface area contributed by atoms with E-state index in [4.69, 9.17) is 17.0 Å². The molecule has 0 aliphatic carbocycles. The summed E-state index contributed by atoms with van der Waals surface area (Å²) in [6.45, 7) is 1.01. The number of sulfonamides is 1. The molecule has 3 rings (SSSR count). The third kappa shape index (κ3) is 4.38. The van der Waals surface area contributed by atoms with E-state index >= 15 is 0 Å². The van der Waals surface area contributed by atoms with Gasteiger partial charge in [0.1, 0.15) is 5.15 Å². The van der Waals surface area contributed by atoms with E-state index in [0.717, 1.165) is 23.9 Å². The second kappa shape index (κ2) is 7.69. The average molecular weight is 394 g/mol. The molecular formula is C17H20ClN5O2S. The highest BCUT2D eigenvalue weighted by Crippen LogP contribution is 2.19. The fourth-order valence-corrected chi connectivity index (χ4v) is 3.94. The van der Waals surface area contributed by atoms with Crippen LogP contribution in [0.3, 0.4) is 0 Å². The zero-order valence-corrected chi connectivity index (χ0v) is 15.9. The first-order chi connectivity index (χ1) is 12.4. The smallest absolute Gasteiger partial charge is 0.211 e. The summed E-state index contributed by atoms with van der Waals surface area (Å²) in [6.07, 6.45) is 7.42. The number of fused-ring (bicyclic) bond motifs is 1. The first kappa shape index (κ1) is 18.8. The van der Waals surface area contributed by atoms with Gasteiger partial charge in [-0.15, -0.1) is 0 Å².